The summed E-state index contributed by atoms with van der Waals surface area (Å²) < 4.78 is 4.55. The largest absolute Gasteiger partial charge is 0.468 e. The smallest absolute Gasteiger partial charge is 0.320 e. The Balaban J connectivity index is 2.72. The molecule has 5 heteroatoms. The Bertz CT molecular complexity index is 355. The number of ether oxygens (including phenoxy) is 1. The molecule has 2 N–H and O–H groups in total. The van der Waals surface area contributed by atoms with E-state index in [1.165, 1.54) is 21.0 Å². The van der Waals surface area contributed by atoms with Crippen LogP contribution in [0.3, 0.4) is 0 Å². The van der Waals surface area contributed by atoms with Gasteiger partial charge >= 0.3 is 5.97 Å². The molecule has 1 rings (SSSR count). The zero-order valence-electron chi connectivity index (χ0n) is 8.96. The summed E-state index contributed by atoms with van der Waals surface area (Å²) in [7, 11) is 1.26. The average molecular weight is 210 g/mol. The molecule has 0 aliphatic carbocycles. The zero-order chi connectivity index (χ0) is 11.5. The number of methoxy groups -OCH3 is 1. The SMILES string of the molecule is COC(=O)C(C)(C)C(=O)Nc1ccc[nH]1. The Morgan fingerprint density at radius 3 is 2.60 bits per heavy atom. The summed E-state index contributed by atoms with van der Waals surface area (Å²) in [4.78, 5) is 25.8. The fraction of sp³-hybridized carbons (Fsp3) is 0.400. The molecule has 0 saturated heterocycles. The Hall–Kier alpha value is -1.78. The molecule has 15 heavy (non-hydrogen) atoms. The topological polar surface area (TPSA) is 71.2 Å². The van der Waals surface area contributed by atoms with Crippen LogP contribution in [0.5, 0.6) is 0 Å². The molecule has 0 saturated carbocycles. The van der Waals surface area contributed by atoms with Crippen molar-refractivity contribution in [3.05, 3.63) is 18.3 Å². The molecule has 1 aromatic rings. The van der Waals surface area contributed by atoms with Crippen LogP contribution in [0.4, 0.5) is 5.82 Å². The zero-order valence-corrected chi connectivity index (χ0v) is 8.96. The summed E-state index contributed by atoms with van der Waals surface area (Å²) in [6.07, 6.45) is 1.68. The summed E-state index contributed by atoms with van der Waals surface area (Å²) in [5.74, 6) is -0.416. The quantitative estimate of drug-likeness (QED) is 0.580. The summed E-state index contributed by atoms with van der Waals surface area (Å²) in [6.45, 7) is 3.02. The second-order valence-corrected chi connectivity index (χ2v) is 3.65. The minimum absolute atomic E-state index is 0.406. The van der Waals surface area contributed by atoms with Crippen molar-refractivity contribution < 1.29 is 14.3 Å². The number of H-pyrrole nitrogens is 1. The molecular weight excluding hydrogens is 196 g/mol. The van der Waals surface area contributed by atoms with E-state index in [9.17, 15) is 9.59 Å². The van der Waals surface area contributed by atoms with E-state index in [1.807, 2.05) is 0 Å². The van der Waals surface area contributed by atoms with Gasteiger partial charge in [-0.2, -0.15) is 0 Å². The van der Waals surface area contributed by atoms with Gasteiger partial charge in [-0.1, -0.05) is 0 Å². The van der Waals surface area contributed by atoms with Gasteiger partial charge in [0.25, 0.3) is 0 Å². The Morgan fingerprint density at radius 1 is 1.47 bits per heavy atom. The second kappa shape index (κ2) is 4.16. The Morgan fingerprint density at radius 2 is 2.13 bits per heavy atom. The van der Waals surface area contributed by atoms with E-state index in [0.29, 0.717) is 5.82 Å². The number of carbonyl (C=O) groups is 2. The van der Waals surface area contributed by atoms with Crippen molar-refractivity contribution in [2.45, 2.75) is 13.8 Å². The molecular formula is C10H14N2O3. The van der Waals surface area contributed by atoms with E-state index in [0.717, 1.165) is 0 Å². The Kier molecular flexibility index (Phi) is 3.14. The van der Waals surface area contributed by atoms with Gasteiger partial charge in [0.1, 0.15) is 11.2 Å². The number of esters is 1. The van der Waals surface area contributed by atoms with Crippen molar-refractivity contribution >= 4 is 17.7 Å². The molecule has 0 bridgehead atoms. The molecule has 0 spiro atoms. The molecule has 5 nitrogen and oxygen atoms in total. The number of rotatable bonds is 3. The van der Waals surface area contributed by atoms with Crippen LogP contribution in [0, 0.1) is 5.41 Å². The van der Waals surface area contributed by atoms with Crippen molar-refractivity contribution in [3.8, 4) is 0 Å². The Labute approximate surface area is 87.8 Å². The minimum atomic E-state index is -1.19. The molecule has 0 aliphatic rings. The first-order valence-electron chi connectivity index (χ1n) is 4.51. The van der Waals surface area contributed by atoms with Gasteiger partial charge in [-0.25, -0.2) is 0 Å². The van der Waals surface area contributed by atoms with Crippen LogP contribution in [0.1, 0.15) is 13.8 Å². The summed E-state index contributed by atoms with van der Waals surface area (Å²) >= 11 is 0. The van der Waals surface area contributed by atoms with E-state index < -0.39 is 17.3 Å². The number of hydrogen-bond acceptors (Lipinski definition) is 3. The number of aromatic nitrogens is 1. The lowest BCUT2D eigenvalue weighted by Gasteiger charge is -2.19. The maximum absolute atomic E-state index is 11.7. The van der Waals surface area contributed by atoms with Crippen molar-refractivity contribution in [3.63, 3.8) is 0 Å². The monoisotopic (exact) mass is 210 g/mol. The van der Waals surface area contributed by atoms with Crippen molar-refractivity contribution in [2.24, 2.45) is 5.41 Å². The van der Waals surface area contributed by atoms with Crippen LogP contribution in [0.25, 0.3) is 0 Å². The van der Waals surface area contributed by atoms with E-state index in [-0.39, 0.29) is 0 Å². The third-order valence-electron chi connectivity index (χ3n) is 2.11. The first-order chi connectivity index (χ1) is 6.98. The fourth-order valence-corrected chi connectivity index (χ4v) is 1.03. The third-order valence-corrected chi connectivity index (χ3v) is 2.11. The first-order valence-corrected chi connectivity index (χ1v) is 4.51. The molecule has 1 amide bonds. The fourth-order valence-electron chi connectivity index (χ4n) is 1.03. The summed E-state index contributed by atoms with van der Waals surface area (Å²) in [5, 5.41) is 2.58. The standard InChI is InChI=1S/C10H14N2O3/c1-10(2,9(14)15-3)8(13)12-7-5-4-6-11-7/h4-6,11H,1-3H3,(H,12,13). The predicted molar refractivity (Wildman–Crippen MR) is 55.2 cm³/mol. The highest BCUT2D eigenvalue weighted by molar-refractivity contribution is 6.07. The number of anilines is 1. The van der Waals surface area contributed by atoms with Gasteiger partial charge in [-0.3, -0.25) is 9.59 Å². The van der Waals surface area contributed by atoms with Crippen LogP contribution in [0.15, 0.2) is 18.3 Å². The van der Waals surface area contributed by atoms with E-state index in [2.05, 4.69) is 15.0 Å². The minimum Gasteiger partial charge on any atom is -0.468 e. The number of aromatic amines is 1. The molecule has 1 heterocycles. The molecule has 0 radical (unpaired) electrons. The van der Waals surface area contributed by atoms with Crippen molar-refractivity contribution in [2.75, 3.05) is 12.4 Å². The van der Waals surface area contributed by atoms with Gasteiger partial charge in [0.05, 0.1) is 7.11 Å². The average Bonchev–Trinajstić information content (AvgIpc) is 2.68. The van der Waals surface area contributed by atoms with Crippen LogP contribution in [-0.4, -0.2) is 24.0 Å². The highest BCUT2D eigenvalue weighted by Gasteiger charge is 2.37. The van der Waals surface area contributed by atoms with E-state index >= 15 is 0 Å². The second-order valence-electron chi connectivity index (χ2n) is 3.65. The number of amides is 1. The molecule has 0 fully saturated rings. The molecule has 1 aromatic heterocycles. The third kappa shape index (κ3) is 2.37. The summed E-state index contributed by atoms with van der Waals surface area (Å²) in [5.41, 5.74) is -1.19. The van der Waals surface area contributed by atoms with E-state index in [1.54, 1.807) is 18.3 Å². The lowest BCUT2D eigenvalue weighted by molar-refractivity contribution is -0.154. The van der Waals surface area contributed by atoms with Gasteiger partial charge in [0, 0.05) is 6.20 Å². The van der Waals surface area contributed by atoms with E-state index in [4.69, 9.17) is 0 Å². The predicted octanol–water partition coefficient (Wildman–Crippen LogP) is 1.15. The lowest BCUT2D eigenvalue weighted by Crippen LogP contribution is -2.38. The maximum atomic E-state index is 11.7. The summed E-state index contributed by atoms with van der Waals surface area (Å²) in [6, 6.07) is 3.45. The van der Waals surface area contributed by atoms with Gasteiger partial charge in [-0.15, -0.1) is 0 Å². The number of carbonyl (C=O) groups excluding carboxylic acids is 2. The molecule has 0 atom stereocenters. The van der Waals surface area contributed by atoms with Gasteiger partial charge in [0.2, 0.25) is 5.91 Å². The molecule has 0 aromatic carbocycles. The lowest BCUT2D eigenvalue weighted by atomic mass is 9.92. The maximum Gasteiger partial charge on any atom is 0.320 e. The van der Waals surface area contributed by atoms with Crippen molar-refractivity contribution in [1.29, 1.82) is 0 Å². The van der Waals surface area contributed by atoms with Crippen LogP contribution >= 0.6 is 0 Å². The molecule has 0 aliphatic heterocycles. The van der Waals surface area contributed by atoms with Crippen molar-refractivity contribution in [1.82, 2.24) is 4.98 Å². The molecule has 82 valence electrons. The highest BCUT2D eigenvalue weighted by Crippen LogP contribution is 2.19. The normalized spacial score (nSPS) is 10.9. The van der Waals surface area contributed by atoms with Crippen LogP contribution < -0.4 is 5.32 Å². The van der Waals surface area contributed by atoms with Gasteiger partial charge < -0.3 is 15.0 Å². The highest BCUT2D eigenvalue weighted by atomic mass is 16.5. The number of hydrogen-bond donors (Lipinski definition) is 2. The van der Waals surface area contributed by atoms with Gasteiger partial charge in [0.15, 0.2) is 0 Å². The number of nitrogens with one attached hydrogen (secondary N) is 2. The first kappa shape index (κ1) is 11.3. The van der Waals surface area contributed by atoms with Crippen LogP contribution in [0.2, 0.25) is 0 Å². The van der Waals surface area contributed by atoms with Crippen LogP contribution in [-0.2, 0) is 14.3 Å². The molecule has 0 unspecified atom stereocenters. The van der Waals surface area contributed by atoms with Gasteiger partial charge in [-0.05, 0) is 26.0 Å².